The first-order chi connectivity index (χ1) is 16.1. The van der Waals surface area contributed by atoms with Gasteiger partial charge in [-0.1, -0.05) is 84.9 Å². The molecule has 0 aliphatic carbocycles. The number of amides is 2. The molecule has 0 spiro atoms. The molecule has 7 nitrogen and oxygen atoms in total. The Morgan fingerprint density at radius 3 is 1.39 bits per heavy atom. The molecule has 2 bridgehead atoms. The van der Waals surface area contributed by atoms with Crippen molar-refractivity contribution in [3.8, 4) is 0 Å². The highest BCUT2D eigenvalue weighted by molar-refractivity contribution is 5.80. The molecule has 168 valence electrons. The summed E-state index contributed by atoms with van der Waals surface area (Å²) in [6, 6.07) is 26.4. The van der Waals surface area contributed by atoms with E-state index in [-0.39, 0.29) is 13.2 Å². The van der Waals surface area contributed by atoms with Crippen LogP contribution in [0.4, 0.5) is 9.59 Å². The van der Waals surface area contributed by atoms with Crippen LogP contribution < -0.4 is 0 Å². The number of rotatable bonds is 4. The summed E-state index contributed by atoms with van der Waals surface area (Å²) in [5.41, 5.74) is 0.0481. The van der Waals surface area contributed by atoms with E-state index in [1.165, 1.54) is 10.0 Å². The number of ether oxygens (including phenoxy) is 3. The van der Waals surface area contributed by atoms with Crippen molar-refractivity contribution in [2.75, 3.05) is 13.2 Å². The second-order valence-electron chi connectivity index (χ2n) is 7.69. The first-order valence-corrected chi connectivity index (χ1v) is 11.0. The number of nitrogens with zero attached hydrogens (tertiary/aromatic N) is 2. The largest absolute Gasteiger partial charge is 0.448 e. The highest BCUT2D eigenvalue weighted by Gasteiger charge is 2.73. The molecule has 3 aromatic carbocycles. The normalized spacial score (nSPS) is 22.7. The standard InChI is InChI=1S/C26H24N2O5/c1-3-31-23(29)27-25(19-13-7-5-8-14-19)21-17-11-12-18-22(21)26(33-25,20-15-9-6-10-16-20)28(27)24(30)32-4-2/h5-18H,3-4H2,1-2H3/t25-,26-/m0/s1. The fraction of sp³-hybridized carbons (Fsp3) is 0.231. The third-order valence-electron chi connectivity index (χ3n) is 5.96. The molecular formula is C26H24N2O5. The molecule has 3 aromatic rings. The van der Waals surface area contributed by atoms with Crippen molar-refractivity contribution in [2.24, 2.45) is 0 Å². The number of fused-ring (bicyclic) bond motifs is 5. The molecule has 5 rings (SSSR count). The number of carbonyl (C=O) groups excluding carboxylic acids is 2. The molecule has 2 amide bonds. The predicted molar refractivity (Wildman–Crippen MR) is 120 cm³/mol. The molecule has 2 aliphatic heterocycles. The Hall–Kier alpha value is -3.84. The highest BCUT2D eigenvalue weighted by atomic mass is 16.7. The van der Waals surface area contributed by atoms with Crippen LogP contribution in [-0.4, -0.2) is 35.4 Å². The van der Waals surface area contributed by atoms with Gasteiger partial charge >= 0.3 is 12.2 Å². The smallest absolute Gasteiger partial charge is 0.432 e. The van der Waals surface area contributed by atoms with Crippen LogP contribution in [0, 0.1) is 0 Å². The van der Waals surface area contributed by atoms with Gasteiger partial charge in [-0.25, -0.2) is 9.59 Å². The predicted octanol–water partition coefficient (Wildman–Crippen LogP) is 4.96. The third-order valence-corrected chi connectivity index (χ3v) is 5.96. The molecule has 0 aromatic heterocycles. The minimum atomic E-state index is -1.42. The number of hydrogen-bond donors (Lipinski definition) is 0. The number of benzene rings is 3. The lowest BCUT2D eigenvalue weighted by Crippen LogP contribution is -2.60. The molecule has 2 aliphatic rings. The van der Waals surface area contributed by atoms with E-state index in [9.17, 15) is 9.59 Å². The molecular weight excluding hydrogens is 420 g/mol. The van der Waals surface area contributed by atoms with E-state index in [0.29, 0.717) is 11.1 Å². The van der Waals surface area contributed by atoms with Gasteiger partial charge in [-0.3, -0.25) is 0 Å². The molecule has 0 N–H and O–H groups in total. The van der Waals surface area contributed by atoms with Crippen LogP contribution in [0.3, 0.4) is 0 Å². The number of carbonyl (C=O) groups is 2. The van der Waals surface area contributed by atoms with Crippen LogP contribution in [0.5, 0.6) is 0 Å². The van der Waals surface area contributed by atoms with Gasteiger partial charge in [-0.15, -0.1) is 0 Å². The lowest BCUT2D eigenvalue weighted by molar-refractivity contribution is -0.0808. The summed E-state index contributed by atoms with van der Waals surface area (Å²) in [4.78, 5) is 27.0. The first kappa shape index (κ1) is 21.0. The monoisotopic (exact) mass is 444 g/mol. The van der Waals surface area contributed by atoms with Crippen LogP contribution in [0.25, 0.3) is 0 Å². The van der Waals surface area contributed by atoms with Crippen LogP contribution in [0.2, 0.25) is 0 Å². The minimum absolute atomic E-state index is 0.136. The summed E-state index contributed by atoms with van der Waals surface area (Å²) in [6.45, 7) is 3.71. The SMILES string of the molecule is CCOC(=O)N1N(C(=O)OCC)[C@@]2(c3ccccc3)O[C@@]1(c1ccccc1)c1ccccc12. The van der Waals surface area contributed by atoms with Crippen molar-refractivity contribution < 1.29 is 23.8 Å². The molecule has 1 saturated heterocycles. The Labute approximate surface area is 192 Å². The average Bonchev–Trinajstić information content (AvgIpc) is 3.35. The van der Waals surface area contributed by atoms with E-state index in [2.05, 4.69) is 0 Å². The zero-order chi connectivity index (χ0) is 23.1. The molecule has 0 radical (unpaired) electrons. The Morgan fingerprint density at radius 1 is 0.667 bits per heavy atom. The van der Waals surface area contributed by atoms with Crippen LogP contribution in [-0.2, 0) is 25.7 Å². The maximum atomic E-state index is 13.5. The molecule has 7 heteroatoms. The average molecular weight is 444 g/mol. The van der Waals surface area contributed by atoms with Gasteiger partial charge in [0.05, 0.1) is 13.2 Å². The third kappa shape index (κ3) is 2.79. The topological polar surface area (TPSA) is 68.3 Å². The van der Waals surface area contributed by atoms with Crippen molar-refractivity contribution in [3.05, 3.63) is 107 Å². The van der Waals surface area contributed by atoms with Crippen LogP contribution in [0.1, 0.15) is 36.1 Å². The number of hydrogen-bond acceptors (Lipinski definition) is 5. The summed E-state index contributed by atoms with van der Waals surface area (Å²) in [5, 5.41) is 2.53. The van der Waals surface area contributed by atoms with Gasteiger partial charge in [0.1, 0.15) is 0 Å². The highest BCUT2D eigenvalue weighted by Crippen LogP contribution is 2.63. The lowest BCUT2D eigenvalue weighted by atomic mass is 9.85. The minimum Gasteiger partial charge on any atom is -0.448 e. The lowest BCUT2D eigenvalue weighted by Gasteiger charge is -2.43. The van der Waals surface area contributed by atoms with E-state index in [1.54, 1.807) is 13.8 Å². The van der Waals surface area contributed by atoms with Gasteiger partial charge in [0.25, 0.3) is 0 Å². The van der Waals surface area contributed by atoms with Crippen molar-refractivity contribution in [1.29, 1.82) is 0 Å². The summed E-state index contributed by atoms with van der Waals surface area (Å²) in [7, 11) is 0. The second kappa shape index (κ2) is 7.94. The quantitative estimate of drug-likeness (QED) is 0.569. The summed E-state index contributed by atoms with van der Waals surface area (Å²) < 4.78 is 17.8. The maximum absolute atomic E-state index is 13.5. The van der Waals surface area contributed by atoms with E-state index in [1.807, 2.05) is 84.9 Å². The number of hydrazine groups is 1. The van der Waals surface area contributed by atoms with Crippen molar-refractivity contribution in [3.63, 3.8) is 0 Å². The van der Waals surface area contributed by atoms with Gasteiger partial charge in [0, 0.05) is 22.3 Å². The zero-order valence-corrected chi connectivity index (χ0v) is 18.4. The van der Waals surface area contributed by atoms with Gasteiger partial charge in [-0.2, -0.15) is 10.0 Å². The van der Waals surface area contributed by atoms with E-state index < -0.39 is 23.6 Å². The van der Waals surface area contributed by atoms with Crippen LogP contribution in [0.15, 0.2) is 84.9 Å². The fourth-order valence-corrected chi connectivity index (χ4v) is 4.79. The Kier molecular flexibility index (Phi) is 5.06. The van der Waals surface area contributed by atoms with Gasteiger partial charge < -0.3 is 14.2 Å². The van der Waals surface area contributed by atoms with Crippen molar-refractivity contribution >= 4 is 12.2 Å². The Balaban J connectivity index is 1.88. The summed E-state index contributed by atoms with van der Waals surface area (Å²) in [5.74, 6) is 0. The fourth-order valence-electron chi connectivity index (χ4n) is 4.79. The molecule has 2 heterocycles. The Bertz CT molecular complexity index is 1090. The van der Waals surface area contributed by atoms with Crippen molar-refractivity contribution in [1.82, 2.24) is 10.0 Å². The van der Waals surface area contributed by atoms with Gasteiger partial charge in [-0.05, 0) is 13.8 Å². The molecule has 2 atom stereocenters. The second-order valence-corrected chi connectivity index (χ2v) is 7.69. The molecule has 0 saturated carbocycles. The Morgan fingerprint density at radius 2 is 1.03 bits per heavy atom. The van der Waals surface area contributed by atoms with E-state index in [0.717, 1.165) is 11.1 Å². The van der Waals surface area contributed by atoms with Crippen LogP contribution >= 0.6 is 0 Å². The summed E-state index contributed by atoms with van der Waals surface area (Å²) in [6.07, 6.45) is -1.41. The maximum Gasteiger partial charge on any atom is 0.432 e. The summed E-state index contributed by atoms with van der Waals surface area (Å²) >= 11 is 0. The van der Waals surface area contributed by atoms with E-state index >= 15 is 0 Å². The first-order valence-electron chi connectivity index (χ1n) is 11.0. The van der Waals surface area contributed by atoms with Gasteiger partial charge in [0.15, 0.2) is 0 Å². The van der Waals surface area contributed by atoms with Gasteiger partial charge in [0.2, 0.25) is 11.4 Å². The molecule has 1 fully saturated rings. The van der Waals surface area contributed by atoms with E-state index in [4.69, 9.17) is 14.2 Å². The molecule has 33 heavy (non-hydrogen) atoms. The van der Waals surface area contributed by atoms with Crippen molar-refractivity contribution in [2.45, 2.75) is 25.3 Å². The molecule has 0 unspecified atom stereocenters. The zero-order valence-electron chi connectivity index (χ0n) is 18.4.